The van der Waals surface area contributed by atoms with E-state index in [9.17, 15) is 14.4 Å². The summed E-state index contributed by atoms with van der Waals surface area (Å²) >= 11 is 0. The van der Waals surface area contributed by atoms with Gasteiger partial charge in [0.2, 0.25) is 5.91 Å². The summed E-state index contributed by atoms with van der Waals surface area (Å²) in [4.78, 5) is 34.0. The van der Waals surface area contributed by atoms with Crippen molar-refractivity contribution in [3.8, 4) is 0 Å². The molecule has 0 aliphatic rings. The summed E-state index contributed by atoms with van der Waals surface area (Å²) in [7, 11) is 0. The van der Waals surface area contributed by atoms with Crippen LogP contribution < -0.4 is 5.32 Å². The van der Waals surface area contributed by atoms with Crippen LogP contribution in [0.25, 0.3) is 0 Å². The molecule has 0 aliphatic carbocycles. The zero-order valence-electron chi connectivity index (χ0n) is 19.5. The normalized spacial score (nSPS) is 13.1. The molecule has 0 aliphatic heterocycles. The predicted molar refractivity (Wildman–Crippen MR) is 120 cm³/mol. The highest BCUT2D eigenvalue weighted by Crippen LogP contribution is 2.12. The molecule has 0 aromatic heterocycles. The Labute approximate surface area is 183 Å². The van der Waals surface area contributed by atoms with Crippen LogP contribution in [0.2, 0.25) is 0 Å². The highest BCUT2D eigenvalue weighted by atomic mass is 16.6. The second-order valence-corrected chi connectivity index (χ2v) is 7.94. The van der Waals surface area contributed by atoms with E-state index >= 15 is 0 Å². The average Bonchev–Trinajstić information content (AvgIpc) is 2.67. The Bertz CT molecular complexity index is 504. The monoisotopic (exact) mass is 425 g/mol. The molecule has 1 N–H and O–H groups in total. The molecule has 2 atom stereocenters. The summed E-state index contributed by atoms with van der Waals surface area (Å²) < 4.78 is 10.3. The Hall–Kier alpha value is -1.85. The van der Waals surface area contributed by atoms with E-state index in [-0.39, 0.29) is 12.5 Å². The first-order chi connectivity index (χ1) is 14.4. The summed E-state index contributed by atoms with van der Waals surface area (Å²) in [5.74, 6) is -1.17. The number of hydrogen-bond acceptors (Lipinski definition) is 5. The molecule has 0 fully saturated rings. The summed E-state index contributed by atoms with van der Waals surface area (Å²) in [5.41, 5.74) is 0. The zero-order valence-corrected chi connectivity index (χ0v) is 19.5. The van der Waals surface area contributed by atoms with Gasteiger partial charge in [0.15, 0.2) is 0 Å². The van der Waals surface area contributed by atoms with Crippen LogP contribution in [0.4, 0.5) is 0 Å². The smallest absolute Gasteiger partial charge is 0.303 e. The topological polar surface area (TPSA) is 81.7 Å². The molecule has 0 spiro atoms. The van der Waals surface area contributed by atoms with E-state index in [1.807, 2.05) is 6.08 Å². The highest BCUT2D eigenvalue weighted by molar-refractivity contribution is 5.73. The third kappa shape index (κ3) is 18.2. The van der Waals surface area contributed by atoms with Crippen molar-refractivity contribution in [1.82, 2.24) is 5.32 Å². The van der Waals surface area contributed by atoms with Crippen molar-refractivity contribution in [3.05, 3.63) is 12.2 Å². The molecular weight excluding hydrogens is 382 g/mol. The number of ether oxygens (including phenoxy) is 2. The van der Waals surface area contributed by atoms with Gasteiger partial charge in [-0.15, -0.1) is 0 Å². The van der Waals surface area contributed by atoms with E-state index in [0.717, 1.165) is 12.8 Å². The summed E-state index contributed by atoms with van der Waals surface area (Å²) in [6.07, 6.45) is 18.2. The molecule has 174 valence electrons. The van der Waals surface area contributed by atoms with E-state index in [1.54, 1.807) is 6.08 Å². The summed E-state index contributed by atoms with van der Waals surface area (Å²) in [6, 6.07) is -0.608. The van der Waals surface area contributed by atoms with Crippen LogP contribution in [0.3, 0.4) is 0 Å². The van der Waals surface area contributed by atoms with Gasteiger partial charge in [0, 0.05) is 20.8 Å². The fraction of sp³-hybridized carbons (Fsp3) is 0.792. The molecular formula is C24H43NO5. The lowest BCUT2D eigenvalue weighted by Gasteiger charge is -2.24. The number of nitrogens with one attached hydrogen (secondary N) is 1. The number of allylic oxidation sites excluding steroid dienone is 1. The maximum Gasteiger partial charge on any atom is 0.303 e. The van der Waals surface area contributed by atoms with Crippen LogP contribution >= 0.6 is 0 Å². The van der Waals surface area contributed by atoms with Crippen molar-refractivity contribution < 1.29 is 23.9 Å². The fourth-order valence-electron chi connectivity index (χ4n) is 3.29. The maximum atomic E-state index is 11.5. The molecule has 0 aromatic carbocycles. The van der Waals surface area contributed by atoms with Crippen LogP contribution in [0.15, 0.2) is 12.2 Å². The van der Waals surface area contributed by atoms with Crippen molar-refractivity contribution in [3.63, 3.8) is 0 Å². The lowest BCUT2D eigenvalue weighted by atomic mass is 10.0. The van der Waals surface area contributed by atoms with Crippen molar-refractivity contribution in [2.75, 3.05) is 6.61 Å². The van der Waals surface area contributed by atoms with E-state index < -0.39 is 24.1 Å². The number of unbranched alkanes of at least 4 members (excludes halogenated alkanes) is 11. The Kier molecular flexibility index (Phi) is 18.0. The molecule has 6 nitrogen and oxygen atoms in total. The Morgan fingerprint density at radius 3 is 1.80 bits per heavy atom. The average molecular weight is 426 g/mol. The second kappa shape index (κ2) is 19.1. The third-order valence-corrected chi connectivity index (χ3v) is 4.85. The van der Waals surface area contributed by atoms with Gasteiger partial charge in [-0.25, -0.2) is 0 Å². The molecule has 0 aromatic rings. The van der Waals surface area contributed by atoms with Gasteiger partial charge in [0.05, 0.1) is 0 Å². The summed E-state index contributed by atoms with van der Waals surface area (Å²) in [6.45, 7) is 6.20. The molecule has 0 bridgehead atoms. The van der Waals surface area contributed by atoms with Crippen molar-refractivity contribution >= 4 is 17.8 Å². The SMILES string of the molecule is CCCCCCCCCCCCCC=CC(OC(C)=O)C(COC(C)=O)NC(C)=O. The van der Waals surface area contributed by atoms with Gasteiger partial charge in [-0.05, 0) is 18.9 Å². The van der Waals surface area contributed by atoms with Crippen molar-refractivity contribution in [2.24, 2.45) is 0 Å². The van der Waals surface area contributed by atoms with E-state index in [2.05, 4.69) is 12.2 Å². The molecule has 2 unspecified atom stereocenters. The van der Waals surface area contributed by atoms with Crippen LogP contribution in [0, 0.1) is 0 Å². The van der Waals surface area contributed by atoms with Gasteiger partial charge in [0.1, 0.15) is 18.8 Å². The minimum absolute atomic E-state index is 0.0460. The van der Waals surface area contributed by atoms with Crippen LogP contribution in [-0.2, 0) is 23.9 Å². The number of carbonyl (C=O) groups excluding carboxylic acids is 3. The fourth-order valence-corrected chi connectivity index (χ4v) is 3.29. The molecule has 0 rings (SSSR count). The molecule has 0 heterocycles. The lowest BCUT2D eigenvalue weighted by Crippen LogP contribution is -2.46. The molecule has 0 radical (unpaired) electrons. The minimum atomic E-state index is -0.668. The largest absolute Gasteiger partial charge is 0.464 e. The molecule has 6 heteroatoms. The Balaban J connectivity index is 4.19. The molecule has 0 saturated carbocycles. The van der Waals surface area contributed by atoms with Crippen molar-refractivity contribution in [1.29, 1.82) is 0 Å². The van der Waals surface area contributed by atoms with E-state index in [4.69, 9.17) is 9.47 Å². The lowest BCUT2D eigenvalue weighted by molar-refractivity contribution is -0.149. The zero-order chi connectivity index (χ0) is 22.6. The predicted octanol–water partition coefficient (Wildman–Crippen LogP) is 5.24. The third-order valence-electron chi connectivity index (χ3n) is 4.85. The summed E-state index contributed by atoms with van der Waals surface area (Å²) in [5, 5.41) is 2.69. The number of hydrogen-bond donors (Lipinski definition) is 1. The van der Waals surface area contributed by atoms with Gasteiger partial charge in [-0.3, -0.25) is 14.4 Å². The van der Waals surface area contributed by atoms with E-state index in [1.165, 1.54) is 85.0 Å². The van der Waals surface area contributed by atoms with Crippen LogP contribution in [0.5, 0.6) is 0 Å². The van der Waals surface area contributed by atoms with Gasteiger partial charge in [-0.2, -0.15) is 0 Å². The Morgan fingerprint density at radius 2 is 1.33 bits per heavy atom. The van der Waals surface area contributed by atoms with Crippen LogP contribution in [0.1, 0.15) is 105 Å². The first-order valence-electron chi connectivity index (χ1n) is 11.6. The minimum Gasteiger partial charge on any atom is -0.464 e. The first-order valence-corrected chi connectivity index (χ1v) is 11.6. The quantitative estimate of drug-likeness (QED) is 0.184. The standard InChI is InChI=1S/C24H43NO5/c1-5-6-7-8-9-10-11-12-13-14-15-16-17-18-24(30-22(4)28)23(25-20(2)26)19-29-21(3)27/h17-18,23-24H,5-16,19H2,1-4H3,(H,25,26). The molecule has 1 amide bonds. The highest BCUT2D eigenvalue weighted by Gasteiger charge is 2.24. The van der Waals surface area contributed by atoms with E-state index in [0.29, 0.717) is 0 Å². The number of amides is 1. The molecule has 30 heavy (non-hydrogen) atoms. The first kappa shape index (κ1) is 28.1. The van der Waals surface area contributed by atoms with Gasteiger partial charge < -0.3 is 14.8 Å². The van der Waals surface area contributed by atoms with Gasteiger partial charge in [-0.1, -0.05) is 77.2 Å². The number of esters is 2. The van der Waals surface area contributed by atoms with Crippen molar-refractivity contribution in [2.45, 2.75) is 117 Å². The van der Waals surface area contributed by atoms with Gasteiger partial charge in [0.25, 0.3) is 0 Å². The van der Waals surface area contributed by atoms with Crippen LogP contribution in [-0.4, -0.2) is 36.6 Å². The number of rotatable bonds is 18. The number of carbonyl (C=O) groups is 3. The Morgan fingerprint density at radius 1 is 0.800 bits per heavy atom. The van der Waals surface area contributed by atoms with Gasteiger partial charge >= 0.3 is 11.9 Å². The second-order valence-electron chi connectivity index (χ2n) is 7.94. The maximum absolute atomic E-state index is 11.5. The molecule has 0 saturated heterocycles.